The van der Waals surface area contributed by atoms with E-state index in [0.717, 1.165) is 57.5 Å². The number of ether oxygens (including phenoxy) is 1. The van der Waals surface area contributed by atoms with Crippen molar-refractivity contribution in [3.8, 4) is 0 Å². The number of nitrogens with one attached hydrogen (secondary N) is 1. The SMILES string of the molecule is C[C@@H]1CN(C(=O)[C@@H](NC(=O)c2ccc(N3CCN(C)CC3)cc2)C2CCCC2)[C@@H]2C(=O)CO[C@H]12. The van der Waals surface area contributed by atoms with Gasteiger partial charge in [0, 0.05) is 49.9 Å². The highest BCUT2D eigenvalue weighted by Crippen LogP contribution is 2.35. The molecule has 0 spiro atoms. The first-order valence-electron chi connectivity index (χ1n) is 12.7. The third-order valence-corrected chi connectivity index (χ3v) is 8.15. The minimum atomic E-state index is -0.605. The number of piperazine rings is 1. The second kappa shape index (κ2) is 9.66. The van der Waals surface area contributed by atoms with Gasteiger partial charge in [-0.15, -0.1) is 0 Å². The van der Waals surface area contributed by atoms with E-state index < -0.39 is 12.1 Å². The Bertz CT molecular complexity index is 921. The van der Waals surface area contributed by atoms with Crippen LogP contribution in [0, 0.1) is 11.8 Å². The molecule has 5 rings (SSSR count). The summed E-state index contributed by atoms with van der Waals surface area (Å²) in [6.07, 6.45) is 3.74. The van der Waals surface area contributed by atoms with E-state index in [4.69, 9.17) is 4.74 Å². The normalized spacial score (nSPS) is 28.9. The van der Waals surface area contributed by atoms with Crippen molar-refractivity contribution in [1.82, 2.24) is 15.1 Å². The van der Waals surface area contributed by atoms with Crippen LogP contribution in [0.5, 0.6) is 0 Å². The molecule has 0 aromatic heterocycles. The first-order chi connectivity index (χ1) is 16.4. The standard InChI is InChI=1S/C26H36N4O4/c1-17-15-30(23-21(31)16-34-24(17)23)26(33)22(18-5-3-4-6-18)27-25(32)19-7-9-20(10-8-19)29-13-11-28(2)12-14-29/h7-10,17-18,22-24H,3-6,11-16H2,1-2H3,(H,27,32)/t17-,22+,23-,24-/m1/s1. The molecule has 34 heavy (non-hydrogen) atoms. The molecule has 0 unspecified atom stereocenters. The number of likely N-dealkylation sites (N-methyl/N-ethyl adjacent to an activating group) is 1. The van der Waals surface area contributed by atoms with Gasteiger partial charge in [-0.1, -0.05) is 19.8 Å². The largest absolute Gasteiger partial charge is 0.369 e. The van der Waals surface area contributed by atoms with Gasteiger partial charge in [0.15, 0.2) is 5.78 Å². The number of nitrogens with zero attached hydrogens (tertiary/aromatic N) is 3. The molecule has 2 amide bonds. The van der Waals surface area contributed by atoms with Crippen LogP contribution in [0.15, 0.2) is 24.3 Å². The summed E-state index contributed by atoms with van der Waals surface area (Å²) >= 11 is 0. The Morgan fingerprint density at radius 2 is 1.74 bits per heavy atom. The number of carbonyl (C=O) groups is 3. The van der Waals surface area contributed by atoms with Gasteiger partial charge in [-0.25, -0.2) is 0 Å². The molecule has 184 valence electrons. The summed E-state index contributed by atoms with van der Waals surface area (Å²) < 4.78 is 5.67. The maximum absolute atomic E-state index is 13.7. The quantitative estimate of drug-likeness (QED) is 0.706. The second-order valence-corrected chi connectivity index (χ2v) is 10.5. The summed E-state index contributed by atoms with van der Waals surface area (Å²) in [6.45, 7) is 6.59. The van der Waals surface area contributed by atoms with Crippen molar-refractivity contribution in [2.75, 3.05) is 51.3 Å². The number of Topliss-reactive ketones (excluding diaryl/α,β-unsaturated/α-hetero) is 1. The molecular formula is C26H36N4O4. The summed E-state index contributed by atoms with van der Waals surface area (Å²) in [5, 5.41) is 3.06. The van der Waals surface area contributed by atoms with Crippen molar-refractivity contribution in [3.05, 3.63) is 29.8 Å². The average molecular weight is 469 g/mol. The van der Waals surface area contributed by atoms with E-state index in [1.807, 2.05) is 31.2 Å². The minimum Gasteiger partial charge on any atom is -0.369 e. The lowest BCUT2D eigenvalue weighted by molar-refractivity contribution is -0.139. The number of hydrogen-bond acceptors (Lipinski definition) is 6. The van der Waals surface area contributed by atoms with E-state index >= 15 is 0 Å². The van der Waals surface area contributed by atoms with Crippen LogP contribution >= 0.6 is 0 Å². The van der Waals surface area contributed by atoms with Gasteiger partial charge in [0.25, 0.3) is 5.91 Å². The fourth-order valence-corrected chi connectivity index (χ4v) is 6.08. The molecular weight excluding hydrogens is 432 g/mol. The molecule has 3 aliphatic heterocycles. The predicted molar refractivity (Wildman–Crippen MR) is 129 cm³/mol. The molecule has 0 bridgehead atoms. The third kappa shape index (κ3) is 4.45. The Hall–Kier alpha value is -2.45. The van der Waals surface area contributed by atoms with Crippen LogP contribution in [0.1, 0.15) is 43.0 Å². The highest BCUT2D eigenvalue weighted by Gasteiger charge is 2.52. The molecule has 1 saturated carbocycles. The second-order valence-electron chi connectivity index (χ2n) is 10.5. The van der Waals surface area contributed by atoms with Crippen LogP contribution in [0.25, 0.3) is 0 Å². The summed E-state index contributed by atoms with van der Waals surface area (Å²) in [7, 11) is 2.13. The molecule has 1 aromatic carbocycles. The molecule has 4 aliphatic rings. The van der Waals surface area contributed by atoms with E-state index in [2.05, 4.69) is 22.2 Å². The molecule has 1 aliphatic carbocycles. The summed E-state index contributed by atoms with van der Waals surface area (Å²) in [4.78, 5) is 45.7. The highest BCUT2D eigenvalue weighted by atomic mass is 16.5. The Kier molecular flexibility index (Phi) is 6.62. The van der Waals surface area contributed by atoms with Crippen LogP contribution < -0.4 is 10.2 Å². The molecule has 8 nitrogen and oxygen atoms in total. The first-order valence-corrected chi connectivity index (χ1v) is 12.7. The Balaban J connectivity index is 1.30. The average Bonchev–Trinajstić information content (AvgIpc) is 3.58. The molecule has 4 atom stereocenters. The van der Waals surface area contributed by atoms with Gasteiger partial charge in [0.05, 0.1) is 6.10 Å². The fourth-order valence-electron chi connectivity index (χ4n) is 6.08. The number of rotatable bonds is 5. The van der Waals surface area contributed by atoms with Crippen molar-refractivity contribution >= 4 is 23.3 Å². The molecule has 8 heteroatoms. The van der Waals surface area contributed by atoms with Crippen LogP contribution in [0.2, 0.25) is 0 Å². The number of fused-ring (bicyclic) bond motifs is 1. The predicted octanol–water partition coefficient (Wildman–Crippen LogP) is 1.54. The van der Waals surface area contributed by atoms with Gasteiger partial charge in [-0.2, -0.15) is 0 Å². The van der Waals surface area contributed by atoms with Crippen LogP contribution in [-0.2, 0) is 14.3 Å². The third-order valence-electron chi connectivity index (χ3n) is 8.15. The topological polar surface area (TPSA) is 82.2 Å². The van der Waals surface area contributed by atoms with E-state index in [0.29, 0.717) is 12.1 Å². The highest BCUT2D eigenvalue weighted by molar-refractivity contribution is 5.99. The lowest BCUT2D eigenvalue weighted by atomic mass is 9.95. The summed E-state index contributed by atoms with van der Waals surface area (Å²) in [5.74, 6) is -0.172. The first kappa shape index (κ1) is 23.3. The minimum absolute atomic E-state index is 0.0290. The van der Waals surface area contributed by atoms with Crippen molar-refractivity contribution in [3.63, 3.8) is 0 Å². The lowest BCUT2D eigenvalue weighted by Crippen LogP contribution is -2.54. The zero-order valence-corrected chi connectivity index (χ0v) is 20.2. The molecule has 1 aromatic rings. The maximum atomic E-state index is 13.7. The van der Waals surface area contributed by atoms with Crippen molar-refractivity contribution < 1.29 is 19.1 Å². The smallest absolute Gasteiger partial charge is 0.251 e. The van der Waals surface area contributed by atoms with Crippen LogP contribution in [0.4, 0.5) is 5.69 Å². The van der Waals surface area contributed by atoms with Gasteiger partial charge in [-0.05, 0) is 50.1 Å². The Labute approximate surface area is 201 Å². The molecule has 3 saturated heterocycles. The van der Waals surface area contributed by atoms with E-state index in [1.54, 1.807) is 4.90 Å². The van der Waals surface area contributed by atoms with Crippen molar-refractivity contribution in [1.29, 1.82) is 0 Å². The monoisotopic (exact) mass is 468 g/mol. The Morgan fingerprint density at radius 3 is 2.41 bits per heavy atom. The summed E-state index contributed by atoms with van der Waals surface area (Å²) in [5.41, 5.74) is 1.67. The number of likely N-dealkylation sites (tertiary alicyclic amines) is 1. The number of anilines is 1. The van der Waals surface area contributed by atoms with Crippen LogP contribution in [-0.4, -0.2) is 92.0 Å². The van der Waals surface area contributed by atoms with Gasteiger partial charge in [-0.3, -0.25) is 14.4 Å². The van der Waals surface area contributed by atoms with Crippen LogP contribution in [0.3, 0.4) is 0 Å². The van der Waals surface area contributed by atoms with Gasteiger partial charge < -0.3 is 24.8 Å². The molecule has 4 fully saturated rings. The zero-order valence-electron chi connectivity index (χ0n) is 20.2. The van der Waals surface area contributed by atoms with E-state index in [9.17, 15) is 14.4 Å². The number of hydrogen-bond donors (Lipinski definition) is 1. The number of amides is 2. The van der Waals surface area contributed by atoms with Gasteiger partial charge in [0.1, 0.15) is 18.7 Å². The zero-order chi connectivity index (χ0) is 23.8. The van der Waals surface area contributed by atoms with E-state index in [-0.39, 0.29) is 42.1 Å². The molecule has 0 radical (unpaired) electrons. The number of benzene rings is 1. The Morgan fingerprint density at radius 1 is 1.06 bits per heavy atom. The van der Waals surface area contributed by atoms with Crippen molar-refractivity contribution in [2.45, 2.75) is 50.8 Å². The van der Waals surface area contributed by atoms with E-state index in [1.165, 1.54) is 0 Å². The van der Waals surface area contributed by atoms with Gasteiger partial charge >= 0.3 is 0 Å². The molecule has 1 N–H and O–H groups in total. The summed E-state index contributed by atoms with van der Waals surface area (Å²) in [6, 6.07) is 6.57. The van der Waals surface area contributed by atoms with Crippen molar-refractivity contribution in [2.24, 2.45) is 11.8 Å². The fraction of sp³-hybridized carbons (Fsp3) is 0.654. The molecule has 3 heterocycles. The number of carbonyl (C=O) groups excluding carboxylic acids is 3. The lowest BCUT2D eigenvalue weighted by Gasteiger charge is -2.34. The maximum Gasteiger partial charge on any atom is 0.251 e. The number of ketones is 1. The van der Waals surface area contributed by atoms with Gasteiger partial charge in [0.2, 0.25) is 5.91 Å².